The molecule has 2 aromatic carbocycles. The predicted molar refractivity (Wildman–Crippen MR) is 140 cm³/mol. The Bertz CT molecular complexity index is 1510. The van der Waals surface area contributed by atoms with Crippen LogP contribution >= 0.6 is 0 Å². The van der Waals surface area contributed by atoms with E-state index in [1.54, 1.807) is 62.2 Å². The van der Waals surface area contributed by atoms with Crippen LogP contribution in [0.2, 0.25) is 0 Å². The van der Waals surface area contributed by atoms with Gasteiger partial charge in [-0.05, 0) is 30.5 Å². The van der Waals surface area contributed by atoms with Crippen LogP contribution in [0.4, 0.5) is 23.1 Å². The van der Waals surface area contributed by atoms with Crippen LogP contribution in [0, 0.1) is 11.8 Å². The molecule has 11 heteroatoms. The fraction of sp³-hybridized carbons (Fsp3) is 0.154. The molecule has 0 aliphatic heterocycles. The van der Waals surface area contributed by atoms with Crippen molar-refractivity contribution in [2.45, 2.75) is 13.5 Å². The molecule has 2 heterocycles. The van der Waals surface area contributed by atoms with Crippen LogP contribution in [0.15, 0.2) is 54.9 Å². The topological polar surface area (TPSA) is 145 Å². The van der Waals surface area contributed by atoms with Crippen molar-refractivity contribution in [3.8, 4) is 23.3 Å². The van der Waals surface area contributed by atoms with Crippen molar-refractivity contribution < 1.29 is 19.1 Å². The molecular formula is C26H25N7O4. The quantitative estimate of drug-likeness (QED) is 0.257. The third-order valence-corrected chi connectivity index (χ3v) is 5.28. The van der Waals surface area contributed by atoms with E-state index in [1.807, 2.05) is 18.2 Å². The van der Waals surface area contributed by atoms with Gasteiger partial charge in [-0.2, -0.15) is 4.98 Å². The normalized spacial score (nSPS) is 10.2. The average molecular weight is 500 g/mol. The molecular weight excluding hydrogens is 474 g/mol. The van der Waals surface area contributed by atoms with Crippen LogP contribution in [0.3, 0.4) is 0 Å². The number of ether oxygens (including phenoxy) is 2. The minimum absolute atomic E-state index is 0.124. The molecule has 2 aromatic heterocycles. The van der Waals surface area contributed by atoms with Gasteiger partial charge in [0, 0.05) is 48.5 Å². The van der Waals surface area contributed by atoms with Gasteiger partial charge in [0.1, 0.15) is 17.1 Å². The SMILES string of the molecule is CC#CC(=O)Nc1cccc(CNc2nc(Nc3cc(OC)cc(OC)c3)c(C(N)=O)c3nccn23)c1. The highest BCUT2D eigenvalue weighted by Crippen LogP contribution is 2.30. The number of carbonyl (C=O) groups excluding carboxylic acids is 2. The molecule has 4 rings (SSSR count). The number of anilines is 4. The Morgan fingerprint density at radius 2 is 1.84 bits per heavy atom. The van der Waals surface area contributed by atoms with Crippen LogP contribution in [0.1, 0.15) is 22.8 Å². The zero-order valence-corrected chi connectivity index (χ0v) is 20.5. The number of methoxy groups -OCH3 is 2. The number of fused-ring (bicyclic) bond motifs is 1. The Balaban J connectivity index is 1.67. The maximum Gasteiger partial charge on any atom is 0.300 e. The number of nitrogens with one attached hydrogen (secondary N) is 3. The number of amides is 2. The summed E-state index contributed by atoms with van der Waals surface area (Å²) in [5.41, 5.74) is 8.24. The van der Waals surface area contributed by atoms with E-state index in [9.17, 15) is 9.59 Å². The summed E-state index contributed by atoms with van der Waals surface area (Å²) < 4.78 is 12.3. The van der Waals surface area contributed by atoms with Crippen LogP contribution in [0.5, 0.6) is 11.5 Å². The summed E-state index contributed by atoms with van der Waals surface area (Å²) in [5, 5.41) is 9.13. The highest BCUT2D eigenvalue weighted by atomic mass is 16.5. The van der Waals surface area contributed by atoms with Crippen LogP contribution in [0.25, 0.3) is 5.65 Å². The fourth-order valence-electron chi connectivity index (χ4n) is 3.66. The van der Waals surface area contributed by atoms with Gasteiger partial charge in [-0.1, -0.05) is 18.1 Å². The number of primary amides is 1. The van der Waals surface area contributed by atoms with Crippen molar-refractivity contribution in [1.29, 1.82) is 0 Å². The molecule has 37 heavy (non-hydrogen) atoms. The number of nitrogens with zero attached hydrogens (tertiary/aromatic N) is 3. The summed E-state index contributed by atoms with van der Waals surface area (Å²) in [5.74, 6) is 5.68. The van der Waals surface area contributed by atoms with Crippen molar-refractivity contribution >= 4 is 40.6 Å². The Morgan fingerprint density at radius 1 is 1.08 bits per heavy atom. The van der Waals surface area contributed by atoms with Gasteiger partial charge in [-0.15, -0.1) is 0 Å². The standard InChI is InChI=1S/C26H25N7O4/c1-4-6-21(34)30-17-8-5-7-16(11-17)15-29-26-32-24(22(23(27)35)25-28-9-10-33(25)26)31-18-12-19(36-2)14-20(13-18)37-3/h5,7-14,31H,15H2,1-3H3,(H2,27,35)(H,29,32)(H,30,34). The number of rotatable bonds is 9. The predicted octanol–water partition coefficient (Wildman–Crippen LogP) is 3.16. The zero-order chi connectivity index (χ0) is 26.4. The molecule has 188 valence electrons. The molecule has 0 bridgehead atoms. The lowest BCUT2D eigenvalue weighted by Gasteiger charge is -2.16. The molecule has 0 saturated carbocycles. The van der Waals surface area contributed by atoms with Crippen LogP contribution in [-0.4, -0.2) is 40.4 Å². The zero-order valence-electron chi connectivity index (χ0n) is 20.5. The van der Waals surface area contributed by atoms with Crippen molar-refractivity contribution in [2.75, 3.05) is 30.2 Å². The summed E-state index contributed by atoms with van der Waals surface area (Å²) in [4.78, 5) is 33.2. The van der Waals surface area contributed by atoms with Crippen LogP contribution in [-0.2, 0) is 11.3 Å². The number of hydrogen-bond donors (Lipinski definition) is 4. The number of benzene rings is 2. The molecule has 0 fully saturated rings. The molecule has 11 nitrogen and oxygen atoms in total. The number of hydrogen-bond acceptors (Lipinski definition) is 8. The van der Waals surface area contributed by atoms with Crippen molar-refractivity contribution in [3.63, 3.8) is 0 Å². The minimum Gasteiger partial charge on any atom is -0.497 e. The molecule has 0 unspecified atom stereocenters. The lowest BCUT2D eigenvalue weighted by Crippen LogP contribution is -2.18. The van der Waals surface area contributed by atoms with Gasteiger partial charge in [0.15, 0.2) is 11.5 Å². The van der Waals surface area contributed by atoms with Gasteiger partial charge < -0.3 is 31.2 Å². The average Bonchev–Trinajstić information content (AvgIpc) is 3.36. The molecule has 0 saturated heterocycles. The molecule has 2 amide bonds. The van der Waals surface area contributed by atoms with Gasteiger partial charge in [0.05, 0.1) is 14.2 Å². The second kappa shape index (κ2) is 11.0. The molecule has 0 spiro atoms. The first-order valence-electron chi connectivity index (χ1n) is 11.1. The van der Waals surface area contributed by atoms with Crippen LogP contribution < -0.4 is 31.2 Å². The Labute approximate surface area is 213 Å². The van der Waals surface area contributed by atoms with Crippen molar-refractivity contribution in [2.24, 2.45) is 5.73 Å². The number of nitrogens with two attached hydrogens (primary N) is 1. The van der Waals surface area contributed by atoms with E-state index in [0.717, 1.165) is 5.56 Å². The summed E-state index contributed by atoms with van der Waals surface area (Å²) in [6.07, 6.45) is 3.23. The highest BCUT2D eigenvalue weighted by molar-refractivity contribution is 6.04. The maximum atomic E-state index is 12.4. The van der Waals surface area contributed by atoms with E-state index >= 15 is 0 Å². The molecule has 5 N–H and O–H groups in total. The van der Waals surface area contributed by atoms with Gasteiger partial charge in [-0.3, -0.25) is 14.0 Å². The number of carbonyl (C=O) groups is 2. The summed E-state index contributed by atoms with van der Waals surface area (Å²) >= 11 is 0. The second-order valence-corrected chi connectivity index (χ2v) is 7.75. The summed E-state index contributed by atoms with van der Waals surface area (Å²) in [6, 6.07) is 12.5. The van der Waals surface area contributed by atoms with E-state index in [-0.39, 0.29) is 17.3 Å². The highest BCUT2D eigenvalue weighted by Gasteiger charge is 2.20. The second-order valence-electron chi connectivity index (χ2n) is 7.75. The molecule has 0 atom stereocenters. The van der Waals surface area contributed by atoms with Gasteiger partial charge in [0.2, 0.25) is 5.95 Å². The first-order valence-corrected chi connectivity index (χ1v) is 11.1. The number of aromatic nitrogens is 3. The lowest BCUT2D eigenvalue weighted by molar-refractivity contribution is -0.111. The first-order chi connectivity index (χ1) is 17.9. The smallest absolute Gasteiger partial charge is 0.300 e. The molecule has 0 aliphatic carbocycles. The Morgan fingerprint density at radius 3 is 2.51 bits per heavy atom. The molecule has 0 radical (unpaired) electrons. The maximum absolute atomic E-state index is 12.4. The summed E-state index contributed by atoms with van der Waals surface area (Å²) in [6.45, 7) is 1.97. The minimum atomic E-state index is -0.689. The Kier molecular flexibility index (Phi) is 7.40. The Hall–Kier alpha value is -5.24. The summed E-state index contributed by atoms with van der Waals surface area (Å²) in [7, 11) is 3.09. The van der Waals surface area contributed by atoms with Gasteiger partial charge in [-0.25, -0.2) is 4.98 Å². The molecule has 0 aliphatic rings. The van der Waals surface area contributed by atoms with Gasteiger partial charge in [0.25, 0.3) is 11.8 Å². The number of imidazole rings is 1. The van der Waals surface area contributed by atoms with Gasteiger partial charge >= 0.3 is 0 Å². The molecule has 4 aromatic rings. The first kappa shape index (κ1) is 24.9. The van der Waals surface area contributed by atoms with E-state index in [2.05, 4.69) is 37.8 Å². The third-order valence-electron chi connectivity index (χ3n) is 5.28. The monoisotopic (exact) mass is 499 g/mol. The van der Waals surface area contributed by atoms with E-state index in [0.29, 0.717) is 41.0 Å². The third kappa shape index (κ3) is 5.71. The fourth-order valence-corrected chi connectivity index (χ4v) is 3.66. The van der Waals surface area contributed by atoms with E-state index in [1.165, 1.54) is 0 Å². The van der Waals surface area contributed by atoms with E-state index < -0.39 is 5.91 Å². The van der Waals surface area contributed by atoms with Crippen molar-refractivity contribution in [3.05, 3.63) is 66.0 Å². The van der Waals surface area contributed by atoms with Crippen molar-refractivity contribution in [1.82, 2.24) is 14.4 Å². The largest absolute Gasteiger partial charge is 0.497 e. The lowest BCUT2D eigenvalue weighted by atomic mass is 10.2. The van der Waals surface area contributed by atoms with E-state index in [4.69, 9.17) is 15.2 Å².